The van der Waals surface area contributed by atoms with E-state index >= 15 is 0 Å². The predicted molar refractivity (Wildman–Crippen MR) is 72.4 cm³/mol. The molecule has 2 heterocycles. The Hall–Kier alpha value is -0.260. The second-order valence-electron chi connectivity index (χ2n) is 4.89. The summed E-state index contributed by atoms with van der Waals surface area (Å²) in [6.07, 6.45) is 0. The van der Waals surface area contributed by atoms with E-state index in [-0.39, 0.29) is 5.92 Å². The average molecular weight is 257 g/mol. The molecule has 17 heavy (non-hydrogen) atoms. The number of hydrogen-bond donors (Lipinski definition) is 1. The van der Waals surface area contributed by atoms with Crippen LogP contribution in [0.25, 0.3) is 0 Å². The van der Waals surface area contributed by atoms with Gasteiger partial charge in [0.1, 0.15) is 0 Å². The number of carbonyl (C=O) groups is 1. The second kappa shape index (κ2) is 6.61. The van der Waals surface area contributed by atoms with Crippen molar-refractivity contribution in [3.63, 3.8) is 0 Å². The zero-order chi connectivity index (χ0) is 12.1. The van der Waals surface area contributed by atoms with Crippen molar-refractivity contribution in [2.45, 2.75) is 6.92 Å². The summed E-state index contributed by atoms with van der Waals surface area (Å²) in [6.45, 7) is 8.93. The normalized spacial score (nSPS) is 24.6. The Morgan fingerprint density at radius 2 is 1.88 bits per heavy atom. The molecule has 0 bridgehead atoms. The summed E-state index contributed by atoms with van der Waals surface area (Å²) in [7, 11) is 0. The van der Waals surface area contributed by atoms with Crippen LogP contribution >= 0.6 is 11.8 Å². The van der Waals surface area contributed by atoms with E-state index < -0.39 is 0 Å². The minimum atomic E-state index is 0.149. The van der Waals surface area contributed by atoms with Crippen LogP contribution in [0, 0.1) is 5.92 Å². The van der Waals surface area contributed by atoms with Crippen LogP contribution < -0.4 is 5.32 Å². The predicted octanol–water partition coefficient (Wildman–Crippen LogP) is 0.103. The summed E-state index contributed by atoms with van der Waals surface area (Å²) in [4.78, 5) is 16.7. The highest BCUT2D eigenvalue weighted by atomic mass is 32.2. The van der Waals surface area contributed by atoms with E-state index in [1.54, 1.807) is 0 Å². The molecule has 2 fully saturated rings. The summed E-state index contributed by atoms with van der Waals surface area (Å²) in [5.41, 5.74) is 0. The highest BCUT2D eigenvalue weighted by molar-refractivity contribution is 7.99. The smallest absolute Gasteiger partial charge is 0.226 e. The quantitative estimate of drug-likeness (QED) is 0.778. The minimum absolute atomic E-state index is 0.149. The van der Waals surface area contributed by atoms with Gasteiger partial charge in [0.15, 0.2) is 0 Å². The fourth-order valence-corrected chi connectivity index (χ4v) is 3.42. The molecule has 0 aliphatic carbocycles. The third-order valence-corrected chi connectivity index (χ3v) is 4.43. The molecule has 2 saturated heterocycles. The maximum atomic E-state index is 12.2. The molecule has 0 spiro atoms. The van der Waals surface area contributed by atoms with Gasteiger partial charge < -0.3 is 15.1 Å². The first-order valence-corrected chi connectivity index (χ1v) is 7.72. The Morgan fingerprint density at radius 1 is 1.24 bits per heavy atom. The third-order valence-electron chi connectivity index (χ3n) is 3.49. The van der Waals surface area contributed by atoms with Crippen LogP contribution in [0.15, 0.2) is 0 Å². The highest BCUT2D eigenvalue weighted by Crippen LogP contribution is 2.12. The van der Waals surface area contributed by atoms with Gasteiger partial charge in [-0.05, 0) is 0 Å². The van der Waals surface area contributed by atoms with Crippen molar-refractivity contribution in [1.29, 1.82) is 0 Å². The molecule has 2 aliphatic heterocycles. The second-order valence-corrected chi connectivity index (χ2v) is 6.11. The zero-order valence-corrected chi connectivity index (χ0v) is 11.5. The fraction of sp³-hybridized carbons (Fsp3) is 0.917. The molecule has 1 amide bonds. The van der Waals surface area contributed by atoms with Gasteiger partial charge in [-0.3, -0.25) is 4.79 Å². The number of rotatable bonds is 3. The maximum absolute atomic E-state index is 12.2. The summed E-state index contributed by atoms with van der Waals surface area (Å²) >= 11 is 2.02. The molecule has 0 radical (unpaired) electrons. The molecule has 0 saturated carbocycles. The number of piperazine rings is 1. The van der Waals surface area contributed by atoms with E-state index in [4.69, 9.17) is 0 Å². The van der Waals surface area contributed by atoms with Crippen LogP contribution in [0.5, 0.6) is 0 Å². The summed E-state index contributed by atoms with van der Waals surface area (Å²) in [5, 5.41) is 3.28. The molecular weight excluding hydrogens is 234 g/mol. The number of amides is 1. The van der Waals surface area contributed by atoms with Gasteiger partial charge in [-0.15, -0.1) is 0 Å². The number of hydrogen-bond acceptors (Lipinski definition) is 4. The molecule has 2 aliphatic rings. The Morgan fingerprint density at radius 3 is 2.53 bits per heavy atom. The van der Waals surface area contributed by atoms with Gasteiger partial charge >= 0.3 is 0 Å². The van der Waals surface area contributed by atoms with Crippen LogP contribution in [0.3, 0.4) is 0 Å². The van der Waals surface area contributed by atoms with Crippen LogP contribution in [-0.4, -0.2) is 73.0 Å². The summed E-state index contributed by atoms with van der Waals surface area (Å²) in [5.74, 6) is 2.92. The Kier molecular flexibility index (Phi) is 5.13. The molecule has 1 atom stereocenters. The Bertz CT molecular complexity index is 250. The van der Waals surface area contributed by atoms with Crippen molar-refractivity contribution in [2.75, 3.05) is 57.3 Å². The summed E-state index contributed by atoms with van der Waals surface area (Å²) in [6, 6.07) is 0. The third kappa shape index (κ3) is 3.86. The lowest BCUT2D eigenvalue weighted by Gasteiger charge is -2.33. The number of nitrogens with zero attached hydrogens (tertiary/aromatic N) is 2. The van der Waals surface area contributed by atoms with Crippen molar-refractivity contribution in [2.24, 2.45) is 5.92 Å². The van der Waals surface area contributed by atoms with Gasteiger partial charge in [-0.25, -0.2) is 0 Å². The first kappa shape index (κ1) is 13.2. The molecular formula is C12H23N3OS. The maximum Gasteiger partial charge on any atom is 0.226 e. The van der Waals surface area contributed by atoms with E-state index in [0.717, 1.165) is 45.8 Å². The SMILES string of the molecule is CC(CN1CCSCC1)C(=O)N1CCNCC1. The Labute approximate surface area is 108 Å². The monoisotopic (exact) mass is 257 g/mol. The Balaban J connectivity index is 1.77. The molecule has 5 heteroatoms. The number of thioether (sulfide) groups is 1. The van der Waals surface area contributed by atoms with Gasteiger partial charge in [0, 0.05) is 63.2 Å². The molecule has 0 aromatic rings. The molecule has 1 N–H and O–H groups in total. The van der Waals surface area contributed by atoms with E-state index in [2.05, 4.69) is 17.1 Å². The van der Waals surface area contributed by atoms with Crippen molar-refractivity contribution < 1.29 is 4.79 Å². The van der Waals surface area contributed by atoms with Crippen molar-refractivity contribution in [1.82, 2.24) is 15.1 Å². The lowest BCUT2D eigenvalue weighted by Crippen LogP contribution is -2.50. The lowest BCUT2D eigenvalue weighted by atomic mass is 10.1. The molecule has 1 unspecified atom stereocenters. The van der Waals surface area contributed by atoms with Crippen LogP contribution in [0.1, 0.15) is 6.92 Å². The van der Waals surface area contributed by atoms with Crippen LogP contribution in [-0.2, 0) is 4.79 Å². The van der Waals surface area contributed by atoms with E-state index in [0.29, 0.717) is 5.91 Å². The van der Waals surface area contributed by atoms with Gasteiger partial charge in [-0.1, -0.05) is 6.92 Å². The zero-order valence-electron chi connectivity index (χ0n) is 10.7. The number of carbonyl (C=O) groups excluding carboxylic acids is 1. The van der Waals surface area contributed by atoms with Gasteiger partial charge in [0.25, 0.3) is 0 Å². The van der Waals surface area contributed by atoms with Gasteiger partial charge in [0.05, 0.1) is 0 Å². The van der Waals surface area contributed by atoms with E-state index in [1.807, 2.05) is 16.7 Å². The average Bonchev–Trinajstić information content (AvgIpc) is 2.40. The van der Waals surface area contributed by atoms with Crippen molar-refractivity contribution >= 4 is 17.7 Å². The van der Waals surface area contributed by atoms with Crippen LogP contribution in [0.2, 0.25) is 0 Å². The molecule has 98 valence electrons. The molecule has 4 nitrogen and oxygen atoms in total. The number of nitrogens with one attached hydrogen (secondary N) is 1. The van der Waals surface area contributed by atoms with Crippen LogP contribution in [0.4, 0.5) is 0 Å². The standard InChI is InChI=1S/C12H23N3OS/c1-11(10-14-6-8-17-9-7-14)12(16)15-4-2-13-3-5-15/h11,13H,2-10H2,1H3. The van der Waals surface area contributed by atoms with Gasteiger partial charge in [0.2, 0.25) is 5.91 Å². The highest BCUT2D eigenvalue weighted by Gasteiger charge is 2.24. The lowest BCUT2D eigenvalue weighted by molar-refractivity contribution is -0.136. The minimum Gasteiger partial charge on any atom is -0.340 e. The van der Waals surface area contributed by atoms with Crippen molar-refractivity contribution in [3.8, 4) is 0 Å². The van der Waals surface area contributed by atoms with E-state index in [1.165, 1.54) is 11.5 Å². The van der Waals surface area contributed by atoms with Gasteiger partial charge in [-0.2, -0.15) is 11.8 Å². The fourth-order valence-electron chi connectivity index (χ4n) is 2.45. The summed E-state index contributed by atoms with van der Waals surface area (Å²) < 4.78 is 0. The first-order valence-electron chi connectivity index (χ1n) is 6.57. The molecule has 0 aromatic carbocycles. The van der Waals surface area contributed by atoms with Crippen molar-refractivity contribution in [3.05, 3.63) is 0 Å². The largest absolute Gasteiger partial charge is 0.340 e. The van der Waals surface area contributed by atoms with E-state index in [9.17, 15) is 4.79 Å². The topological polar surface area (TPSA) is 35.6 Å². The molecule has 2 rings (SSSR count). The first-order chi connectivity index (χ1) is 8.27. The molecule has 0 aromatic heterocycles.